The summed E-state index contributed by atoms with van der Waals surface area (Å²) in [5, 5.41) is 17.2. The lowest BCUT2D eigenvalue weighted by atomic mass is 10.1. The molecule has 0 aromatic heterocycles. The fourth-order valence-electron chi connectivity index (χ4n) is 4.79. The molecule has 39 heavy (non-hydrogen) atoms. The summed E-state index contributed by atoms with van der Waals surface area (Å²) in [7, 11) is -3.62. The van der Waals surface area contributed by atoms with Gasteiger partial charge in [-0.2, -0.15) is 0 Å². The van der Waals surface area contributed by atoms with Crippen molar-refractivity contribution in [2.24, 2.45) is 5.16 Å². The SMILES string of the molecule is O=C(Nc1ccc(N2CCC(NS(=O)(=O)c3ccc4ccccc4c3)CC2)cc1)/C(Cc1ccccc1)=N/O. The van der Waals surface area contributed by atoms with Crippen LogP contribution in [0.15, 0.2) is 107 Å². The number of benzene rings is 4. The molecule has 1 aliphatic heterocycles. The quantitative estimate of drug-likeness (QED) is 0.168. The summed E-state index contributed by atoms with van der Waals surface area (Å²) < 4.78 is 28.9. The van der Waals surface area contributed by atoms with Gasteiger partial charge in [0.2, 0.25) is 10.0 Å². The van der Waals surface area contributed by atoms with Crippen molar-refractivity contribution in [2.75, 3.05) is 23.3 Å². The van der Waals surface area contributed by atoms with Crippen LogP contribution in [0.2, 0.25) is 0 Å². The zero-order valence-electron chi connectivity index (χ0n) is 21.3. The first kappa shape index (κ1) is 26.4. The van der Waals surface area contributed by atoms with Gasteiger partial charge in [-0.1, -0.05) is 65.8 Å². The fourth-order valence-corrected chi connectivity index (χ4v) is 6.13. The molecule has 4 aromatic rings. The zero-order valence-corrected chi connectivity index (χ0v) is 22.1. The van der Waals surface area contributed by atoms with Gasteiger partial charge < -0.3 is 15.4 Å². The van der Waals surface area contributed by atoms with E-state index in [0.29, 0.717) is 31.6 Å². The number of rotatable bonds is 8. The van der Waals surface area contributed by atoms with Crippen LogP contribution in [0.1, 0.15) is 18.4 Å². The third kappa shape index (κ3) is 6.45. The summed E-state index contributed by atoms with van der Waals surface area (Å²) in [6, 6.07) is 29.5. The molecule has 0 spiro atoms. The van der Waals surface area contributed by atoms with Crippen LogP contribution in [0, 0.1) is 0 Å². The second kappa shape index (κ2) is 11.7. The van der Waals surface area contributed by atoms with Crippen LogP contribution in [0.3, 0.4) is 0 Å². The van der Waals surface area contributed by atoms with E-state index in [9.17, 15) is 18.4 Å². The lowest BCUT2D eigenvalue weighted by Crippen LogP contribution is -2.44. The van der Waals surface area contributed by atoms with Gasteiger partial charge in [0.25, 0.3) is 5.91 Å². The maximum atomic E-state index is 13.0. The highest BCUT2D eigenvalue weighted by atomic mass is 32.2. The number of hydrogen-bond donors (Lipinski definition) is 3. The minimum absolute atomic E-state index is 0.0264. The Balaban J connectivity index is 1.14. The third-order valence-corrected chi connectivity index (χ3v) is 8.45. The van der Waals surface area contributed by atoms with Crippen molar-refractivity contribution in [3.05, 3.63) is 103 Å². The first-order chi connectivity index (χ1) is 18.9. The average Bonchev–Trinajstić information content (AvgIpc) is 2.97. The van der Waals surface area contributed by atoms with Gasteiger partial charge in [-0.25, -0.2) is 13.1 Å². The first-order valence-corrected chi connectivity index (χ1v) is 14.3. The maximum absolute atomic E-state index is 13.0. The molecule has 5 rings (SSSR count). The van der Waals surface area contributed by atoms with Crippen molar-refractivity contribution in [2.45, 2.75) is 30.2 Å². The number of piperidine rings is 1. The number of hydrogen-bond acceptors (Lipinski definition) is 6. The van der Waals surface area contributed by atoms with Crippen molar-refractivity contribution in [1.82, 2.24) is 4.72 Å². The summed E-state index contributed by atoms with van der Waals surface area (Å²) >= 11 is 0. The van der Waals surface area contributed by atoms with Gasteiger partial charge in [0, 0.05) is 36.9 Å². The van der Waals surface area contributed by atoms with Crippen molar-refractivity contribution in [3.8, 4) is 0 Å². The minimum atomic E-state index is -3.62. The topological polar surface area (TPSA) is 111 Å². The standard InChI is InChI=1S/C30H30N4O4S/c35-30(29(32-36)20-22-6-2-1-3-7-22)31-25-11-13-27(14-12-25)34-18-16-26(17-19-34)33-39(37,38)28-15-10-23-8-4-5-9-24(23)21-28/h1-15,21,26,33,36H,16-20H2,(H,31,35)/b32-29+. The molecule has 1 heterocycles. The van der Waals surface area contributed by atoms with E-state index in [1.54, 1.807) is 24.3 Å². The largest absolute Gasteiger partial charge is 0.410 e. The number of amides is 1. The summed E-state index contributed by atoms with van der Waals surface area (Å²) in [4.78, 5) is 15.1. The molecule has 200 valence electrons. The second-order valence-corrected chi connectivity index (χ2v) is 11.3. The molecule has 0 bridgehead atoms. The maximum Gasteiger partial charge on any atom is 0.273 e. The Hall–Kier alpha value is -4.21. The number of nitrogens with zero attached hydrogens (tertiary/aromatic N) is 2. The molecular formula is C30H30N4O4S. The Morgan fingerprint density at radius 3 is 2.23 bits per heavy atom. The van der Waals surface area contributed by atoms with Crippen LogP contribution in [0.4, 0.5) is 11.4 Å². The summed E-state index contributed by atoms with van der Waals surface area (Å²) in [6.07, 6.45) is 1.59. The molecule has 1 aliphatic rings. The predicted octanol–water partition coefficient (Wildman–Crippen LogP) is 4.80. The van der Waals surface area contributed by atoms with Crippen LogP contribution in [-0.4, -0.2) is 44.4 Å². The van der Waals surface area contributed by atoms with E-state index < -0.39 is 15.9 Å². The molecule has 9 heteroatoms. The fraction of sp³-hybridized carbons (Fsp3) is 0.200. The van der Waals surface area contributed by atoms with Gasteiger partial charge in [0.15, 0.2) is 0 Å². The van der Waals surface area contributed by atoms with Gasteiger partial charge >= 0.3 is 0 Å². The summed E-state index contributed by atoms with van der Waals surface area (Å²) in [6.45, 7) is 1.41. The summed E-state index contributed by atoms with van der Waals surface area (Å²) in [5.74, 6) is -0.464. The number of fused-ring (bicyclic) bond motifs is 1. The summed E-state index contributed by atoms with van der Waals surface area (Å²) in [5.41, 5.74) is 2.48. The highest BCUT2D eigenvalue weighted by Crippen LogP contribution is 2.24. The molecule has 0 radical (unpaired) electrons. The van der Waals surface area contributed by atoms with Crippen LogP contribution >= 0.6 is 0 Å². The Labute approximate surface area is 228 Å². The Kier molecular flexibility index (Phi) is 7.90. The number of oxime groups is 1. The lowest BCUT2D eigenvalue weighted by molar-refractivity contribution is -0.110. The predicted molar refractivity (Wildman–Crippen MR) is 154 cm³/mol. The molecule has 1 amide bonds. The Bertz CT molecular complexity index is 1580. The third-order valence-electron chi connectivity index (χ3n) is 6.94. The molecule has 0 aliphatic carbocycles. The van der Waals surface area contributed by atoms with Crippen molar-refractivity contribution in [3.63, 3.8) is 0 Å². The second-order valence-electron chi connectivity index (χ2n) is 9.60. The normalized spacial score (nSPS) is 14.9. The molecule has 0 unspecified atom stereocenters. The molecule has 0 atom stereocenters. The molecule has 3 N–H and O–H groups in total. The molecule has 8 nitrogen and oxygen atoms in total. The minimum Gasteiger partial charge on any atom is -0.410 e. The lowest BCUT2D eigenvalue weighted by Gasteiger charge is -2.34. The monoisotopic (exact) mass is 542 g/mol. The molecule has 0 saturated carbocycles. The Morgan fingerprint density at radius 1 is 0.872 bits per heavy atom. The van der Waals surface area contributed by atoms with Gasteiger partial charge in [-0.3, -0.25) is 4.79 Å². The van der Waals surface area contributed by atoms with E-state index in [1.807, 2.05) is 72.8 Å². The number of sulfonamides is 1. The van der Waals surface area contributed by atoms with E-state index in [2.05, 4.69) is 20.1 Å². The smallest absolute Gasteiger partial charge is 0.273 e. The van der Waals surface area contributed by atoms with Gasteiger partial charge in [-0.05, 0) is 65.6 Å². The molecule has 1 fully saturated rings. The van der Waals surface area contributed by atoms with Gasteiger partial charge in [-0.15, -0.1) is 0 Å². The van der Waals surface area contributed by atoms with Crippen molar-refractivity contribution in [1.29, 1.82) is 0 Å². The number of carbonyl (C=O) groups excluding carboxylic acids is 1. The van der Waals surface area contributed by atoms with E-state index in [1.165, 1.54) is 0 Å². The van der Waals surface area contributed by atoms with Crippen LogP contribution in [0.25, 0.3) is 10.8 Å². The number of carbonyl (C=O) groups is 1. The number of anilines is 2. The van der Waals surface area contributed by atoms with E-state index in [4.69, 9.17) is 0 Å². The van der Waals surface area contributed by atoms with Crippen LogP contribution in [0.5, 0.6) is 0 Å². The molecule has 4 aromatic carbocycles. The highest BCUT2D eigenvalue weighted by Gasteiger charge is 2.25. The molecule has 1 saturated heterocycles. The highest BCUT2D eigenvalue weighted by molar-refractivity contribution is 7.89. The zero-order chi connectivity index (χ0) is 27.2. The number of nitrogens with one attached hydrogen (secondary N) is 2. The van der Waals surface area contributed by atoms with E-state index >= 15 is 0 Å². The molecular weight excluding hydrogens is 512 g/mol. The van der Waals surface area contributed by atoms with E-state index in [-0.39, 0.29) is 23.1 Å². The van der Waals surface area contributed by atoms with Crippen molar-refractivity contribution < 1.29 is 18.4 Å². The van der Waals surface area contributed by atoms with Gasteiger partial charge in [0.1, 0.15) is 5.71 Å². The first-order valence-electron chi connectivity index (χ1n) is 12.8. The van der Waals surface area contributed by atoms with Crippen LogP contribution < -0.4 is 14.9 Å². The van der Waals surface area contributed by atoms with Crippen LogP contribution in [-0.2, 0) is 21.2 Å². The average molecular weight is 543 g/mol. The van der Waals surface area contributed by atoms with Crippen molar-refractivity contribution >= 4 is 43.8 Å². The van der Waals surface area contributed by atoms with E-state index in [0.717, 1.165) is 22.0 Å². The Morgan fingerprint density at radius 2 is 1.54 bits per heavy atom. The van der Waals surface area contributed by atoms with Gasteiger partial charge in [0.05, 0.1) is 4.90 Å².